The number of carbonyl (C=O) groups is 1. The number of benzene rings is 1. The maximum Gasteiger partial charge on any atom is 0.224 e. The molecule has 0 aromatic heterocycles. The second kappa shape index (κ2) is 6.33. The molecular weight excluding hydrogens is 361 g/mol. The van der Waals surface area contributed by atoms with Crippen LogP contribution in [0.2, 0.25) is 10.0 Å². The number of amides is 1. The lowest BCUT2D eigenvalue weighted by Gasteiger charge is -2.21. The van der Waals surface area contributed by atoms with E-state index in [1.165, 1.54) is 6.07 Å². The molecule has 8 heteroatoms. The van der Waals surface area contributed by atoms with Crippen molar-refractivity contribution in [2.24, 2.45) is 5.92 Å². The first-order chi connectivity index (χ1) is 10.9. The van der Waals surface area contributed by atoms with Gasteiger partial charge in [0, 0.05) is 44.2 Å². The second-order valence-electron chi connectivity index (χ2n) is 6.04. The molecule has 0 saturated carbocycles. The molecule has 23 heavy (non-hydrogen) atoms. The molecule has 1 aromatic rings. The van der Waals surface area contributed by atoms with Gasteiger partial charge in [0.15, 0.2) is 0 Å². The normalized spacial score (nSPS) is 26.6. The lowest BCUT2D eigenvalue weighted by Crippen LogP contribution is -2.34. The Hall–Kier alpha value is -0.660. The zero-order valence-corrected chi connectivity index (χ0v) is 14.5. The molecule has 1 spiro atoms. The standard InChI is InChI=1S/C15H17Cl2NO4S/c16-9-1-2-10(21)12(13(9)17)14-15(23-14)3-11(22)18(7-15)4-8(5-19)6-20/h1-2,8,14,19-21H,3-7H2/t14-,15?/m1/s1. The highest BCUT2D eigenvalue weighted by Crippen LogP contribution is 2.71. The fourth-order valence-corrected chi connectivity index (χ4v) is 5.04. The fraction of sp³-hybridized carbons (Fsp3) is 0.533. The first kappa shape index (κ1) is 17.2. The van der Waals surface area contributed by atoms with Gasteiger partial charge in [-0.25, -0.2) is 0 Å². The van der Waals surface area contributed by atoms with Gasteiger partial charge in [0.25, 0.3) is 0 Å². The molecule has 2 saturated heterocycles. The molecule has 3 N–H and O–H groups in total. The molecule has 1 amide bonds. The van der Waals surface area contributed by atoms with Crippen LogP contribution in [0, 0.1) is 5.92 Å². The third kappa shape index (κ3) is 3.03. The Morgan fingerprint density at radius 2 is 2.04 bits per heavy atom. The molecule has 2 fully saturated rings. The van der Waals surface area contributed by atoms with Gasteiger partial charge in [-0.1, -0.05) is 23.2 Å². The summed E-state index contributed by atoms with van der Waals surface area (Å²) in [4.78, 5) is 13.9. The summed E-state index contributed by atoms with van der Waals surface area (Å²) in [5.74, 6) is -0.257. The van der Waals surface area contributed by atoms with Gasteiger partial charge in [-0.2, -0.15) is 0 Å². The van der Waals surface area contributed by atoms with Crippen LogP contribution in [-0.2, 0) is 4.79 Å². The van der Waals surface area contributed by atoms with E-state index in [0.717, 1.165) is 0 Å². The first-order valence-corrected chi connectivity index (χ1v) is 8.89. The molecule has 2 aliphatic rings. The highest BCUT2D eigenvalue weighted by Gasteiger charge is 2.63. The molecule has 0 aliphatic carbocycles. The number of halogens is 2. The van der Waals surface area contributed by atoms with Crippen LogP contribution in [0.5, 0.6) is 5.75 Å². The summed E-state index contributed by atoms with van der Waals surface area (Å²) >= 11 is 13.9. The lowest BCUT2D eigenvalue weighted by atomic mass is 9.97. The van der Waals surface area contributed by atoms with E-state index < -0.39 is 0 Å². The van der Waals surface area contributed by atoms with Crippen molar-refractivity contribution in [3.05, 3.63) is 27.7 Å². The number of aliphatic hydroxyl groups excluding tert-OH is 2. The summed E-state index contributed by atoms with van der Waals surface area (Å²) in [6.07, 6.45) is 0.355. The molecule has 3 rings (SSSR count). The van der Waals surface area contributed by atoms with E-state index in [2.05, 4.69) is 0 Å². The number of thioether (sulfide) groups is 1. The largest absolute Gasteiger partial charge is 0.508 e. The zero-order valence-electron chi connectivity index (χ0n) is 12.2. The summed E-state index contributed by atoms with van der Waals surface area (Å²) < 4.78 is -0.307. The summed E-state index contributed by atoms with van der Waals surface area (Å²) in [6.45, 7) is 0.519. The minimum atomic E-state index is -0.334. The van der Waals surface area contributed by atoms with Crippen molar-refractivity contribution < 1.29 is 20.1 Å². The van der Waals surface area contributed by atoms with Gasteiger partial charge in [0.1, 0.15) is 5.75 Å². The van der Waals surface area contributed by atoms with Crippen molar-refractivity contribution in [1.82, 2.24) is 4.90 Å². The number of phenols is 1. The number of rotatable bonds is 5. The minimum Gasteiger partial charge on any atom is -0.508 e. The van der Waals surface area contributed by atoms with Crippen molar-refractivity contribution in [2.45, 2.75) is 16.4 Å². The topological polar surface area (TPSA) is 81.0 Å². The van der Waals surface area contributed by atoms with Crippen LogP contribution in [-0.4, -0.2) is 57.2 Å². The average molecular weight is 378 g/mol. The Kier molecular flexibility index (Phi) is 4.73. The molecular formula is C15H17Cl2NO4S. The number of nitrogens with zero attached hydrogens (tertiary/aromatic N) is 1. The Bertz CT molecular complexity index is 640. The molecule has 1 aromatic carbocycles. The van der Waals surface area contributed by atoms with Crippen LogP contribution < -0.4 is 0 Å². The Labute approximate surface area is 148 Å². The monoisotopic (exact) mass is 377 g/mol. The minimum absolute atomic E-state index is 0.00968. The summed E-state index contributed by atoms with van der Waals surface area (Å²) in [6, 6.07) is 3.06. The van der Waals surface area contributed by atoms with Crippen LogP contribution in [0.15, 0.2) is 12.1 Å². The summed E-state index contributed by atoms with van der Waals surface area (Å²) in [7, 11) is 0. The molecule has 2 atom stereocenters. The van der Waals surface area contributed by atoms with E-state index in [1.807, 2.05) is 0 Å². The molecule has 2 heterocycles. The molecule has 5 nitrogen and oxygen atoms in total. The first-order valence-electron chi connectivity index (χ1n) is 7.26. The smallest absolute Gasteiger partial charge is 0.224 e. The lowest BCUT2D eigenvalue weighted by molar-refractivity contribution is -0.128. The number of likely N-dealkylation sites (tertiary alicyclic amines) is 1. The van der Waals surface area contributed by atoms with E-state index in [0.29, 0.717) is 35.1 Å². The van der Waals surface area contributed by atoms with Crippen LogP contribution >= 0.6 is 35.0 Å². The van der Waals surface area contributed by atoms with Crippen molar-refractivity contribution in [1.29, 1.82) is 0 Å². The molecule has 0 bridgehead atoms. The van der Waals surface area contributed by atoms with Crippen molar-refractivity contribution >= 4 is 40.9 Å². The maximum atomic E-state index is 12.2. The van der Waals surface area contributed by atoms with E-state index in [9.17, 15) is 20.1 Å². The SMILES string of the molecule is O=C1CC2(CN1CC(CO)CO)S[C@@H]2c1c(O)ccc(Cl)c1Cl. The highest BCUT2D eigenvalue weighted by atomic mass is 35.5. The van der Waals surface area contributed by atoms with E-state index >= 15 is 0 Å². The predicted octanol–water partition coefficient (Wildman–Crippen LogP) is 2.06. The highest BCUT2D eigenvalue weighted by molar-refractivity contribution is 8.08. The number of aromatic hydroxyl groups is 1. The van der Waals surface area contributed by atoms with Crippen LogP contribution in [0.25, 0.3) is 0 Å². The van der Waals surface area contributed by atoms with Gasteiger partial charge in [-0.15, -0.1) is 11.8 Å². The Morgan fingerprint density at radius 3 is 2.70 bits per heavy atom. The van der Waals surface area contributed by atoms with E-state index in [1.54, 1.807) is 22.7 Å². The Balaban J connectivity index is 1.78. The Morgan fingerprint density at radius 1 is 1.35 bits per heavy atom. The molecule has 126 valence electrons. The third-order valence-electron chi connectivity index (χ3n) is 4.40. The maximum absolute atomic E-state index is 12.2. The number of carbonyl (C=O) groups excluding carboxylic acids is 1. The number of phenolic OH excluding ortho intramolecular Hbond substituents is 1. The summed E-state index contributed by atoms with van der Waals surface area (Å²) in [5, 5.41) is 29.1. The van der Waals surface area contributed by atoms with Gasteiger partial charge >= 0.3 is 0 Å². The summed E-state index contributed by atoms with van der Waals surface area (Å²) in [5.41, 5.74) is 0.583. The van der Waals surface area contributed by atoms with Crippen LogP contribution in [0.4, 0.5) is 0 Å². The quantitative estimate of drug-likeness (QED) is 0.684. The predicted molar refractivity (Wildman–Crippen MR) is 90.0 cm³/mol. The number of hydrogen-bond acceptors (Lipinski definition) is 5. The second-order valence-corrected chi connectivity index (χ2v) is 8.34. The van der Waals surface area contributed by atoms with Gasteiger partial charge < -0.3 is 20.2 Å². The van der Waals surface area contributed by atoms with Gasteiger partial charge in [-0.05, 0) is 12.1 Å². The van der Waals surface area contributed by atoms with Crippen molar-refractivity contribution in [2.75, 3.05) is 26.3 Å². The molecule has 1 unspecified atom stereocenters. The van der Waals surface area contributed by atoms with Crippen molar-refractivity contribution in [3.63, 3.8) is 0 Å². The fourth-order valence-electron chi connectivity index (χ4n) is 3.07. The zero-order chi connectivity index (χ0) is 16.8. The number of aliphatic hydroxyl groups is 2. The molecule has 2 aliphatic heterocycles. The van der Waals surface area contributed by atoms with Gasteiger partial charge in [-0.3, -0.25) is 4.79 Å². The van der Waals surface area contributed by atoms with Crippen molar-refractivity contribution in [3.8, 4) is 5.75 Å². The number of hydrogen-bond donors (Lipinski definition) is 3. The molecule has 0 radical (unpaired) electrons. The third-order valence-corrected chi connectivity index (χ3v) is 6.87. The average Bonchev–Trinajstić information content (AvgIpc) is 3.10. The van der Waals surface area contributed by atoms with Gasteiger partial charge in [0.05, 0.1) is 20.0 Å². The van der Waals surface area contributed by atoms with Gasteiger partial charge in [0.2, 0.25) is 5.91 Å². The van der Waals surface area contributed by atoms with Crippen LogP contribution in [0.3, 0.4) is 0 Å². The van der Waals surface area contributed by atoms with Crippen LogP contribution in [0.1, 0.15) is 17.2 Å². The van der Waals surface area contributed by atoms with E-state index in [-0.39, 0.29) is 40.8 Å². The van der Waals surface area contributed by atoms with E-state index in [4.69, 9.17) is 23.2 Å².